The number of hydrogen-bond donors (Lipinski definition) is 1. The lowest BCUT2D eigenvalue weighted by Crippen LogP contribution is -2.27. The Morgan fingerprint density at radius 3 is 2.63 bits per heavy atom. The Labute approximate surface area is 177 Å². The van der Waals surface area contributed by atoms with E-state index in [-0.39, 0.29) is 23.4 Å². The van der Waals surface area contributed by atoms with Gasteiger partial charge in [-0.3, -0.25) is 14.5 Å². The molecule has 2 aromatic rings. The van der Waals surface area contributed by atoms with Crippen molar-refractivity contribution in [2.24, 2.45) is 0 Å². The molecule has 27 heavy (non-hydrogen) atoms. The molecular formula is C19H15Br2NO4S. The number of rotatable bonds is 5. The SMILES string of the molecule is CCOc1cc(/C=C2\SC(=O)N(Cc3ccccc3Br)C2=O)cc(Br)c1O. The topological polar surface area (TPSA) is 66.8 Å². The molecule has 0 radical (unpaired) electrons. The van der Waals surface area contributed by atoms with E-state index in [9.17, 15) is 14.7 Å². The molecule has 0 aromatic heterocycles. The molecule has 0 saturated carbocycles. The van der Waals surface area contributed by atoms with Gasteiger partial charge < -0.3 is 9.84 Å². The summed E-state index contributed by atoms with van der Waals surface area (Å²) in [7, 11) is 0. The highest BCUT2D eigenvalue weighted by Gasteiger charge is 2.35. The molecule has 0 spiro atoms. The first kappa shape index (κ1) is 20.0. The molecule has 0 aliphatic carbocycles. The fraction of sp³-hybridized carbons (Fsp3) is 0.158. The minimum Gasteiger partial charge on any atom is -0.503 e. The van der Waals surface area contributed by atoms with Crippen molar-refractivity contribution in [2.75, 3.05) is 6.61 Å². The molecule has 0 bridgehead atoms. The highest BCUT2D eigenvalue weighted by molar-refractivity contribution is 9.10. The normalized spacial score (nSPS) is 15.7. The Morgan fingerprint density at radius 2 is 1.93 bits per heavy atom. The van der Waals surface area contributed by atoms with Gasteiger partial charge in [0.2, 0.25) is 0 Å². The first-order chi connectivity index (χ1) is 12.9. The zero-order valence-electron chi connectivity index (χ0n) is 14.2. The Kier molecular flexibility index (Phi) is 6.29. The summed E-state index contributed by atoms with van der Waals surface area (Å²) in [6.07, 6.45) is 1.62. The van der Waals surface area contributed by atoms with Gasteiger partial charge >= 0.3 is 0 Å². The smallest absolute Gasteiger partial charge is 0.293 e. The molecule has 5 nitrogen and oxygen atoms in total. The molecule has 1 fully saturated rings. The van der Waals surface area contributed by atoms with Crippen molar-refractivity contribution in [3.63, 3.8) is 0 Å². The Hall–Kier alpha value is -1.77. The lowest BCUT2D eigenvalue weighted by atomic mass is 10.1. The number of nitrogens with zero attached hydrogens (tertiary/aromatic N) is 1. The number of hydrogen-bond acceptors (Lipinski definition) is 5. The van der Waals surface area contributed by atoms with Crippen LogP contribution in [0.1, 0.15) is 18.1 Å². The van der Waals surface area contributed by atoms with Crippen molar-refractivity contribution in [2.45, 2.75) is 13.5 Å². The van der Waals surface area contributed by atoms with Gasteiger partial charge in [0.05, 0.1) is 22.5 Å². The van der Waals surface area contributed by atoms with E-state index in [1.165, 1.54) is 4.90 Å². The number of carbonyl (C=O) groups excluding carboxylic acids is 2. The number of phenols is 1. The van der Waals surface area contributed by atoms with E-state index in [1.54, 1.807) is 18.2 Å². The second-order valence-electron chi connectivity index (χ2n) is 5.64. The molecule has 1 saturated heterocycles. The Morgan fingerprint density at radius 1 is 1.19 bits per heavy atom. The number of amides is 2. The third-order valence-corrected chi connectivity index (χ3v) is 6.09. The molecule has 1 N–H and O–H groups in total. The van der Waals surface area contributed by atoms with Gasteiger partial charge in [0.15, 0.2) is 11.5 Å². The van der Waals surface area contributed by atoms with Crippen molar-refractivity contribution in [1.82, 2.24) is 4.90 Å². The third kappa shape index (κ3) is 4.39. The van der Waals surface area contributed by atoms with Crippen LogP contribution in [0.15, 0.2) is 50.2 Å². The second kappa shape index (κ2) is 8.50. The van der Waals surface area contributed by atoms with E-state index in [4.69, 9.17) is 4.74 Å². The van der Waals surface area contributed by atoms with Gasteiger partial charge in [0.25, 0.3) is 11.1 Å². The number of thioether (sulfide) groups is 1. The number of halogens is 2. The molecule has 0 atom stereocenters. The van der Waals surface area contributed by atoms with Crippen LogP contribution in [0.5, 0.6) is 11.5 Å². The fourth-order valence-electron chi connectivity index (χ4n) is 2.53. The summed E-state index contributed by atoms with van der Waals surface area (Å²) in [5.74, 6) is -0.0375. The summed E-state index contributed by atoms with van der Waals surface area (Å²) >= 11 is 7.61. The second-order valence-corrected chi connectivity index (χ2v) is 8.34. The predicted octanol–water partition coefficient (Wildman–Crippen LogP) is 5.55. The van der Waals surface area contributed by atoms with E-state index in [0.29, 0.717) is 27.3 Å². The van der Waals surface area contributed by atoms with Gasteiger partial charge in [-0.2, -0.15) is 0 Å². The molecule has 0 unspecified atom stereocenters. The van der Waals surface area contributed by atoms with Gasteiger partial charge in [0.1, 0.15) is 0 Å². The zero-order valence-corrected chi connectivity index (χ0v) is 18.2. The highest BCUT2D eigenvalue weighted by Crippen LogP contribution is 2.38. The van der Waals surface area contributed by atoms with Crippen molar-refractivity contribution < 1.29 is 19.4 Å². The number of ether oxygens (including phenoxy) is 1. The van der Waals surface area contributed by atoms with Crippen molar-refractivity contribution in [3.05, 3.63) is 61.4 Å². The average Bonchev–Trinajstić information content (AvgIpc) is 2.88. The predicted molar refractivity (Wildman–Crippen MR) is 113 cm³/mol. The zero-order chi connectivity index (χ0) is 19.6. The van der Waals surface area contributed by atoms with Crippen LogP contribution in [0.2, 0.25) is 0 Å². The van der Waals surface area contributed by atoms with Gasteiger partial charge in [-0.1, -0.05) is 34.1 Å². The first-order valence-electron chi connectivity index (χ1n) is 8.04. The number of carbonyl (C=O) groups is 2. The van der Waals surface area contributed by atoms with Crippen LogP contribution in [-0.2, 0) is 11.3 Å². The van der Waals surface area contributed by atoms with Crippen LogP contribution in [0.3, 0.4) is 0 Å². The third-order valence-electron chi connectivity index (χ3n) is 3.81. The van der Waals surface area contributed by atoms with Gasteiger partial charge in [-0.25, -0.2) is 0 Å². The maximum absolute atomic E-state index is 12.7. The largest absolute Gasteiger partial charge is 0.503 e. The van der Waals surface area contributed by atoms with Crippen LogP contribution in [0.25, 0.3) is 6.08 Å². The summed E-state index contributed by atoms with van der Waals surface area (Å²) in [5, 5.41) is 9.69. The lowest BCUT2D eigenvalue weighted by Gasteiger charge is -2.13. The van der Waals surface area contributed by atoms with E-state index in [1.807, 2.05) is 31.2 Å². The van der Waals surface area contributed by atoms with E-state index < -0.39 is 0 Å². The van der Waals surface area contributed by atoms with Crippen LogP contribution < -0.4 is 4.74 Å². The number of aromatic hydroxyl groups is 1. The van der Waals surface area contributed by atoms with E-state index in [2.05, 4.69) is 31.9 Å². The average molecular weight is 513 g/mol. The standard InChI is InChI=1S/C19H15Br2NO4S/c1-2-26-15-8-11(7-14(21)17(15)23)9-16-18(24)22(19(25)27-16)10-12-5-3-4-6-13(12)20/h3-9,23H,2,10H2,1H3/b16-9-. The molecule has 1 aliphatic rings. The van der Waals surface area contributed by atoms with Gasteiger partial charge in [-0.05, 0) is 70.0 Å². The lowest BCUT2D eigenvalue weighted by molar-refractivity contribution is -0.123. The minimum absolute atomic E-state index is 0.00367. The number of phenolic OH excluding ortho intramolecular Hbond substituents is 1. The van der Waals surface area contributed by atoms with Gasteiger partial charge in [0, 0.05) is 4.47 Å². The van der Waals surface area contributed by atoms with Crippen molar-refractivity contribution in [1.29, 1.82) is 0 Å². The van der Waals surface area contributed by atoms with Crippen LogP contribution >= 0.6 is 43.6 Å². The molecule has 1 aliphatic heterocycles. The van der Waals surface area contributed by atoms with Gasteiger partial charge in [-0.15, -0.1) is 0 Å². The quantitative estimate of drug-likeness (QED) is 0.532. The van der Waals surface area contributed by atoms with E-state index in [0.717, 1.165) is 21.8 Å². The molecule has 2 aromatic carbocycles. The molecule has 2 amide bonds. The summed E-state index contributed by atoms with van der Waals surface area (Å²) in [6, 6.07) is 10.8. The summed E-state index contributed by atoms with van der Waals surface area (Å²) in [6.45, 7) is 2.41. The Balaban J connectivity index is 1.87. The summed E-state index contributed by atoms with van der Waals surface area (Å²) in [4.78, 5) is 26.6. The molecule has 3 rings (SSSR count). The monoisotopic (exact) mass is 511 g/mol. The molecule has 1 heterocycles. The van der Waals surface area contributed by atoms with E-state index >= 15 is 0 Å². The van der Waals surface area contributed by atoms with Crippen molar-refractivity contribution in [3.8, 4) is 11.5 Å². The highest BCUT2D eigenvalue weighted by atomic mass is 79.9. The summed E-state index contributed by atoms with van der Waals surface area (Å²) < 4.78 is 6.70. The maximum atomic E-state index is 12.7. The number of benzene rings is 2. The van der Waals surface area contributed by atoms with Crippen LogP contribution in [0, 0.1) is 0 Å². The number of imide groups is 1. The maximum Gasteiger partial charge on any atom is 0.293 e. The molecule has 8 heteroatoms. The minimum atomic E-state index is -0.345. The van der Waals surface area contributed by atoms with Crippen molar-refractivity contribution >= 4 is 60.8 Å². The molecule has 140 valence electrons. The Bertz CT molecular complexity index is 945. The summed E-state index contributed by atoms with van der Waals surface area (Å²) in [5.41, 5.74) is 1.50. The van der Waals surface area contributed by atoms with Crippen LogP contribution in [0.4, 0.5) is 4.79 Å². The van der Waals surface area contributed by atoms with Crippen LogP contribution in [-0.4, -0.2) is 27.8 Å². The molecular weight excluding hydrogens is 498 g/mol. The fourth-order valence-corrected chi connectivity index (χ4v) is 4.24. The first-order valence-corrected chi connectivity index (χ1v) is 10.4.